The van der Waals surface area contributed by atoms with E-state index in [4.69, 9.17) is 9.47 Å². The predicted octanol–water partition coefficient (Wildman–Crippen LogP) is 3.16. The highest BCUT2D eigenvalue weighted by Crippen LogP contribution is 2.24. The van der Waals surface area contributed by atoms with E-state index in [1.54, 1.807) is 42.6 Å². The summed E-state index contributed by atoms with van der Waals surface area (Å²) in [5, 5.41) is 0. The lowest BCUT2D eigenvalue weighted by Crippen LogP contribution is -2.34. The first-order valence-corrected chi connectivity index (χ1v) is 7.60. The first-order valence-electron chi connectivity index (χ1n) is 7.60. The number of amides is 1. The highest BCUT2D eigenvalue weighted by molar-refractivity contribution is 6.07. The predicted molar refractivity (Wildman–Crippen MR) is 90.0 cm³/mol. The van der Waals surface area contributed by atoms with E-state index in [9.17, 15) is 4.79 Å². The van der Waals surface area contributed by atoms with Crippen molar-refractivity contribution in [2.24, 2.45) is 0 Å². The third-order valence-corrected chi connectivity index (χ3v) is 3.22. The van der Waals surface area contributed by atoms with Gasteiger partial charge < -0.3 is 14.4 Å². The van der Waals surface area contributed by atoms with Gasteiger partial charge in [-0.2, -0.15) is 0 Å². The Balaban J connectivity index is 2.34. The number of para-hydroxylation sites is 1. The zero-order valence-corrected chi connectivity index (χ0v) is 13.7. The van der Waals surface area contributed by atoms with Crippen LogP contribution in [0.3, 0.4) is 0 Å². The number of nitrogens with zero attached hydrogens (tertiary/aromatic N) is 2. The van der Waals surface area contributed by atoms with Crippen LogP contribution in [0.2, 0.25) is 0 Å². The molecule has 0 aliphatic heterocycles. The van der Waals surface area contributed by atoms with Crippen molar-refractivity contribution in [1.82, 2.24) is 4.98 Å². The highest BCUT2D eigenvalue weighted by atomic mass is 16.5. The normalized spacial score (nSPS) is 10.6. The van der Waals surface area contributed by atoms with Gasteiger partial charge in [0.1, 0.15) is 5.75 Å². The van der Waals surface area contributed by atoms with Crippen LogP contribution in [0.1, 0.15) is 24.2 Å². The van der Waals surface area contributed by atoms with E-state index < -0.39 is 0 Å². The van der Waals surface area contributed by atoms with Gasteiger partial charge in [0.2, 0.25) is 0 Å². The standard InChI is InChI=1S/C18H22N2O3/c1-14(2)23-17-7-5-4-6-16(17)18(21)20(12-13-22-3)15-8-10-19-11-9-15/h4-11,14H,12-13H2,1-3H3. The summed E-state index contributed by atoms with van der Waals surface area (Å²) in [4.78, 5) is 18.7. The van der Waals surface area contributed by atoms with Gasteiger partial charge >= 0.3 is 0 Å². The highest BCUT2D eigenvalue weighted by Gasteiger charge is 2.21. The van der Waals surface area contributed by atoms with Crippen molar-refractivity contribution < 1.29 is 14.3 Å². The number of benzene rings is 1. The minimum atomic E-state index is -0.121. The summed E-state index contributed by atoms with van der Waals surface area (Å²) in [6.07, 6.45) is 3.33. The molecule has 0 unspecified atom stereocenters. The summed E-state index contributed by atoms with van der Waals surface area (Å²) in [6, 6.07) is 10.9. The lowest BCUT2D eigenvalue weighted by molar-refractivity contribution is 0.0970. The molecular formula is C18H22N2O3. The molecular weight excluding hydrogens is 292 g/mol. The third-order valence-electron chi connectivity index (χ3n) is 3.22. The van der Waals surface area contributed by atoms with E-state index in [0.29, 0.717) is 24.5 Å². The second-order valence-electron chi connectivity index (χ2n) is 5.32. The van der Waals surface area contributed by atoms with Gasteiger partial charge in [-0.3, -0.25) is 9.78 Å². The fourth-order valence-corrected chi connectivity index (χ4v) is 2.20. The van der Waals surface area contributed by atoms with E-state index in [-0.39, 0.29) is 12.0 Å². The molecule has 122 valence electrons. The summed E-state index contributed by atoms with van der Waals surface area (Å²) in [5.74, 6) is 0.466. The van der Waals surface area contributed by atoms with Gasteiger partial charge in [0.05, 0.1) is 18.3 Å². The van der Waals surface area contributed by atoms with Crippen LogP contribution in [0.4, 0.5) is 5.69 Å². The van der Waals surface area contributed by atoms with Crippen LogP contribution in [0, 0.1) is 0 Å². The molecule has 0 radical (unpaired) electrons. The van der Waals surface area contributed by atoms with Gasteiger partial charge in [-0.05, 0) is 38.1 Å². The molecule has 0 saturated heterocycles. The van der Waals surface area contributed by atoms with Crippen LogP contribution in [-0.4, -0.2) is 37.3 Å². The van der Waals surface area contributed by atoms with Gasteiger partial charge in [0, 0.05) is 31.7 Å². The fraction of sp³-hybridized carbons (Fsp3) is 0.333. The maximum absolute atomic E-state index is 13.0. The average molecular weight is 314 g/mol. The topological polar surface area (TPSA) is 51.7 Å². The van der Waals surface area contributed by atoms with Crippen LogP contribution in [-0.2, 0) is 4.74 Å². The summed E-state index contributed by atoms with van der Waals surface area (Å²) in [5.41, 5.74) is 1.32. The molecule has 1 heterocycles. The lowest BCUT2D eigenvalue weighted by Gasteiger charge is -2.24. The SMILES string of the molecule is COCCN(C(=O)c1ccccc1OC(C)C)c1ccncc1. The summed E-state index contributed by atoms with van der Waals surface area (Å²) >= 11 is 0. The molecule has 23 heavy (non-hydrogen) atoms. The Bertz CT molecular complexity index is 629. The van der Waals surface area contributed by atoms with Crippen molar-refractivity contribution >= 4 is 11.6 Å². The smallest absolute Gasteiger partial charge is 0.262 e. The zero-order chi connectivity index (χ0) is 16.7. The van der Waals surface area contributed by atoms with Crippen molar-refractivity contribution in [3.8, 4) is 5.75 Å². The Kier molecular flexibility index (Phi) is 6.11. The molecule has 2 rings (SSSR count). The van der Waals surface area contributed by atoms with Crippen LogP contribution in [0.25, 0.3) is 0 Å². The quantitative estimate of drug-likeness (QED) is 0.788. The van der Waals surface area contributed by atoms with Crippen LogP contribution < -0.4 is 9.64 Å². The van der Waals surface area contributed by atoms with Crippen LogP contribution in [0.15, 0.2) is 48.8 Å². The van der Waals surface area contributed by atoms with Gasteiger partial charge in [-0.15, -0.1) is 0 Å². The molecule has 5 nitrogen and oxygen atoms in total. The Hall–Kier alpha value is -2.40. The molecule has 5 heteroatoms. The molecule has 2 aromatic rings. The molecule has 0 atom stereocenters. The second-order valence-corrected chi connectivity index (χ2v) is 5.32. The number of anilines is 1. The monoisotopic (exact) mass is 314 g/mol. The van der Waals surface area contributed by atoms with Crippen molar-refractivity contribution in [2.75, 3.05) is 25.2 Å². The number of methoxy groups -OCH3 is 1. The van der Waals surface area contributed by atoms with E-state index in [1.165, 1.54) is 0 Å². The molecule has 0 aliphatic rings. The van der Waals surface area contributed by atoms with E-state index >= 15 is 0 Å². The maximum Gasteiger partial charge on any atom is 0.262 e. The van der Waals surface area contributed by atoms with Crippen molar-refractivity contribution in [3.63, 3.8) is 0 Å². The Morgan fingerprint density at radius 3 is 2.52 bits per heavy atom. The average Bonchev–Trinajstić information content (AvgIpc) is 2.56. The number of rotatable bonds is 7. The maximum atomic E-state index is 13.0. The number of carbonyl (C=O) groups is 1. The van der Waals surface area contributed by atoms with E-state index in [1.807, 2.05) is 32.0 Å². The van der Waals surface area contributed by atoms with E-state index in [2.05, 4.69) is 4.98 Å². The Morgan fingerprint density at radius 1 is 1.17 bits per heavy atom. The molecule has 0 saturated carbocycles. The van der Waals surface area contributed by atoms with Crippen molar-refractivity contribution in [1.29, 1.82) is 0 Å². The van der Waals surface area contributed by atoms with Gasteiger partial charge in [0.15, 0.2) is 0 Å². The molecule has 0 bridgehead atoms. The molecule has 0 aliphatic carbocycles. The lowest BCUT2D eigenvalue weighted by atomic mass is 10.1. The van der Waals surface area contributed by atoms with Gasteiger partial charge in [-0.1, -0.05) is 12.1 Å². The largest absolute Gasteiger partial charge is 0.490 e. The van der Waals surface area contributed by atoms with E-state index in [0.717, 1.165) is 5.69 Å². The molecule has 1 aromatic heterocycles. The number of pyridine rings is 1. The number of carbonyl (C=O) groups excluding carboxylic acids is 1. The second kappa shape index (κ2) is 8.29. The molecule has 1 amide bonds. The Morgan fingerprint density at radius 2 is 1.87 bits per heavy atom. The van der Waals surface area contributed by atoms with Crippen LogP contribution in [0.5, 0.6) is 5.75 Å². The fourth-order valence-electron chi connectivity index (χ4n) is 2.20. The van der Waals surface area contributed by atoms with Gasteiger partial charge in [0.25, 0.3) is 5.91 Å². The number of aromatic nitrogens is 1. The number of hydrogen-bond acceptors (Lipinski definition) is 4. The minimum Gasteiger partial charge on any atom is -0.490 e. The summed E-state index contributed by atoms with van der Waals surface area (Å²) in [7, 11) is 1.62. The van der Waals surface area contributed by atoms with Crippen LogP contribution >= 0.6 is 0 Å². The van der Waals surface area contributed by atoms with Crippen molar-refractivity contribution in [3.05, 3.63) is 54.4 Å². The number of ether oxygens (including phenoxy) is 2. The third kappa shape index (κ3) is 4.53. The minimum absolute atomic E-state index is 0.00250. The van der Waals surface area contributed by atoms with Crippen molar-refractivity contribution in [2.45, 2.75) is 20.0 Å². The summed E-state index contributed by atoms with van der Waals surface area (Å²) < 4.78 is 10.9. The Labute approximate surface area is 136 Å². The number of hydrogen-bond donors (Lipinski definition) is 0. The first-order chi connectivity index (χ1) is 11.1. The first kappa shape index (κ1) is 17.0. The van der Waals surface area contributed by atoms with Gasteiger partial charge in [-0.25, -0.2) is 0 Å². The molecule has 0 fully saturated rings. The molecule has 0 N–H and O–H groups in total. The molecule has 0 spiro atoms. The zero-order valence-electron chi connectivity index (χ0n) is 13.7. The molecule has 1 aromatic carbocycles. The summed E-state index contributed by atoms with van der Waals surface area (Å²) in [6.45, 7) is 4.77.